The highest BCUT2D eigenvalue weighted by Gasteiger charge is 2.00. The van der Waals surface area contributed by atoms with E-state index in [0.717, 1.165) is 25.7 Å². The molecule has 0 aliphatic rings. The Bertz CT molecular complexity index is 279. The average molecular weight is 222 g/mol. The van der Waals surface area contributed by atoms with Crippen LogP contribution in [0.1, 0.15) is 50.8 Å². The van der Waals surface area contributed by atoms with Crippen LogP contribution in [-0.4, -0.2) is 11.7 Å². The summed E-state index contributed by atoms with van der Waals surface area (Å²) in [6, 6.07) is 6.70. The van der Waals surface area contributed by atoms with E-state index in [4.69, 9.17) is 5.11 Å². The zero-order valence-corrected chi connectivity index (χ0v) is 11.2. The molecule has 92 valence electrons. The molecule has 0 aromatic heterocycles. The number of hydrogen-bond acceptors (Lipinski definition) is 1. The maximum atomic E-state index is 8.75. The Morgan fingerprint density at radius 2 is 1.62 bits per heavy atom. The summed E-state index contributed by atoms with van der Waals surface area (Å²) in [4.78, 5) is 0. The smallest absolute Gasteiger partial charge is 0.0434 e. The Morgan fingerprint density at radius 1 is 1.00 bits per heavy atom. The van der Waals surface area contributed by atoms with Crippen LogP contribution in [0.2, 0.25) is 0 Å². The highest BCUT2D eigenvalue weighted by Crippen LogP contribution is 2.14. The standard InChI is InChI=1S/C13H20O.C2H6/c1-3-12-8-7-11(6-5-9-14)10-13(12)4-2;1-2/h7-8,10,14H,3-6,9H2,1-2H3;1-2H3. The molecule has 0 radical (unpaired) electrons. The van der Waals surface area contributed by atoms with Crippen LogP contribution in [-0.2, 0) is 19.3 Å². The molecule has 16 heavy (non-hydrogen) atoms. The fourth-order valence-electron chi connectivity index (χ4n) is 1.79. The van der Waals surface area contributed by atoms with Gasteiger partial charge in [-0.05, 0) is 42.4 Å². The summed E-state index contributed by atoms with van der Waals surface area (Å²) in [5.41, 5.74) is 4.27. The Hall–Kier alpha value is -0.820. The van der Waals surface area contributed by atoms with E-state index in [1.807, 2.05) is 13.8 Å². The summed E-state index contributed by atoms with van der Waals surface area (Å²) in [5, 5.41) is 8.75. The van der Waals surface area contributed by atoms with Crippen molar-refractivity contribution in [2.75, 3.05) is 6.61 Å². The van der Waals surface area contributed by atoms with Crippen molar-refractivity contribution >= 4 is 0 Å². The lowest BCUT2D eigenvalue weighted by Crippen LogP contribution is -1.95. The number of benzene rings is 1. The van der Waals surface area contributed by atoms with Crippen molar-refractivity contribution < 1.29 is 5.11 Å². The maximum Gasteiger partial charge on any atom is 0.0434 e. The third kappa shape index (κ3) is 4.80. The normalized spacial score (nSPS) is 9.56. The summed E-state index contributed by atoms with van der Waals surface area (Å²) in [7, 11) is 0. The summed E-state index contributed by atoms with van der Waals surface area (Å²) in [6.07, 6.45) is 4.09. The SMILES string of the molecule is CC.CCc1ccc(CCCO)cc1CC. The van der Waals surface area contributed by atoms with Gasteiger partial charge in [0.2, 0.25) is 0 Å². The van der Waals surface area contributed by atoms with E-state index >= 15 is 0 Å². The topological polar surface area (TPSA) is 20.2 Å². The fraction of sp³-hybridized carbons (Fsp3) is 0.600. The Kier molecular flexibility index (Phi) is 8.93. The van der Waals surface area contributed by atoms with Gasteiger partial charge in [0.15, 0.2) is 0 Å². The first-order valence-electron chi connectivity index (χ1n) is 6.53. The maximum absolute atomic E-state index is 8.75. The molecule has 0 unspecified atom stereocenters. The molecule has 0 fully saturated rings. The summed E-state index contributed by atoms with van der Waals surface area (Å²) < 4.78 is 0. The van der Waals surface area contributed by atoms with E-state index < -0.39 is 0 Å². The van der Waals surface area contributed by atoms with Gasteiger partial charge in [0.05, 0.1) is 0 Å². The van der Waals surface area contributed by atoms with E-state index in [9.17, 15) is 0 Å². The van der Waals surface area contributed by atoms with Gasteiger partial charge in [-0.1, -0.05) is 45.9 Å². The molecular weight excluding hydrogens is 196 g/mol. The number of aryl methyl sites for hydroxylation is 3. The highest BCUT2D eigenvalue weighted by molar-refractivity contribution is 5.32. The van der Waals surface area contributed by atoms with E-state index in [2.05, 4.69) is 32.0 Å². The van der Waals surface area contributed by atoms with Gasteiger partial charge in [0, 0.05) is 6.61 Å². The summed E-state index contributed by atoms with van der Waals surface area (Å²) in [6.45, 7) is 8.68. The molecule has 1 N–H and O–H groups in total. The average Bonchev–Trinajstić information content (AvgIpc) is 2.38. The summed E-state index contributed by atoms with van der Waals surface area (Å²) in [5.74, 6) is 0. The molecule has 1 nitrogen and oxygen atoms in total. The van der Waals surface area contributed by atoms with Crippen LogP contribution >= 0.6 is 0 Å². The molecule has 0 aliphatic carbocycles. The lowest BCUT2D eigenvalue weighted by Gasteiger charge is -2.08. The minimum Gasteiger partial charge on any atom is -0.396 e. The van der Waals surface area contributed by atoms with Crippen molar-refractivity contribution in [3.63, 3.8) is 0 Å². The molecular formula is C15H26O. The first-order chi connectivity index (χ1) is 7.81. The highest BCUT2D eigenvalue weighted by atomic mass is 16.2. The first kappa shape index (κ1) is 15.2. The van der Waals surface area contributed by atoms with Gasteiger partial charge in [-0.15, -0.1) is 0 Å². The fourth-order valence-corrected chi connectivity index (χ4v) is 1.79. The van der Waals surface area contributed by atoms with Crippen molar-refractivity contribution in [3.05, 3.63) is 34.9 Å². The number of aliphatic hydroxyl groups is 1. The number of rotatable bonds is 5. The van der Waals surface area contributed by atoms with Gasteiger partial charge in [-0.3, -0.25) is 0 Å². The van der Waals surface area contributed by atoms with Crippen LogP contribution in [0.25, 0.3) is 0 Å². The molecule has 0 spiro atoms. The second-order valence-corrected chi connectivity index (χ2v) is 3.64. The van der Waals surface area contributed by atoms with Gasteiger partial charge in [-0.2, -0.15) is 0 Å². The van der Waals surface area contributed by atoms with Crippen LogP contribution in [0.15, 0.2) is 18.2 Å². The predicted molar refractivity (Wildman–Crippen MR) is 72.0 cm³/mol. The van der Waals surface area contributed by atoms with Gasteiger partial charge in [0.25, 0.3) is 0 Å². The molecule has 1 rings (SSSR count). The third-order valence-electron chi connectivity index (χ3n) is 2.66. The quantitative estimate of drug-likeness (QED) is 0.804. The predicted octanol–water partition coefficient (Wildman–Crippen LogP) is 3.76. The van der Waals surface area contributed by atoms with E-state index in [1.165, 1.54) is 16.7 Å². The Morgan fingerprint density at radius 3 is 2.12 bits per heavy atom. The summed E-state index contributed by atoms with van der Waals surface area (Å²) >= 11 is 0. The van der Waals surface area contributed by atoms with E-state index in [1.54, 1.807) is 0 Å². The Balaban J connectivity index is 0.00000106. The lowest BCUT2D eigenvalue weighted by atomic mass is 9.98. The largest absolute Gasteiger partial charge is 0.396 e. The first-order valence-corrected chi connectivity index (χ1v) is 6.53. The minimum absolute atomic E-state index is 0.289. The molecule has 0 heterocycles. The van der Waals surface area contributed by atoms with Crippen LogP contribution in [0, 0.1) is 0 Å². The van der Waals surface area contributed by atoms with Crippen molar-refractivity contribution in [3.8, 4) is 0 Å². The number of aliphatic hydroxyl groups excluding tert-OH is 1. The molecule has 0 saturated heterocycles. The molecule has 0 aliphatic heterocycles. The third-order valence-corrected chi connectivity index (χ3v) is 2.66. The minimum atomic E-state index is 0.289. The van der Waals surface area contributed by atoms with Gasteiger partial charge >= 0.3 is 0 Å². The molecule has 0 bridgehead atoms. The van der Waals surface area contributed by atoms with Crippen molar-refractivity contribution in [1.82, 2.24) is 0 Å². The number of hydrogen-bond donors (Lipinski definition) is 1. The van der Waals surface area contributed by atoms with Crippen LogP contribution in [0.5, 0.6) is 0 Å². The monoisotopic (exact) mass is 222 g/mol. The van der Waals surface area contributed by atoms with Gasteiger partial charge in [-0.25, -0.2) is 0 Å². The zero-order chi connectivity index (χ0) is 12.4. The van der Waals surface area contributed by atoms with Crippen molar-refractivity contribution in [2.24, 2.45) is 0 Å². The van der Waals surface area contributed by atoms with Crippen LogP contribution in [0.4, 0.5) is 0 Å². The van der Waals surface area contributed by atoms with E-state index in [0.29, 0.717) is 0 Å². The zero-order valence-electron chi connectivity index (χ0n) is 11.2. The van der Waals surface area contributed by atoms with Crippen molar-refractivity contribution in [1.29, 1.82) is 0 Å². The molecule has 1 heteroatoms. The molecule has 1 aromatic rings. The second-order valence-electron chi connectivity index (χ2n) is 3.64. The molecule has 0 saturated carbocycles. The Labute approximate surface area is 101 Å². The molecule has 0 atom stereocenters. The van der Waals surface area contributed by atoms with Crippen LogP contribution in [0.3, 0.4) is 0 Å². The van der Waals surface area contributed by atoms with Crippen molar-refractivity contribution in [2.45, 2.75) is 53.4 Å². The van der Waals surface area contributed by atoms with Crippen LogP contribution < -0.4 is 0 Å². The second kappa shape index (κ2) is 9.41. The molecule has 0 amide bonds. The van der Waals surface area contributed by atoms with E-state index in [-0.39, 0.29) is 6.61 Å². The molecule has 1 aromatic carbocycles. The van der Waals surface area contributed by atoms with Gasteiger partial charge in [0.1, 0.15) is 0 Å². The lowest BCUT2D eigenvalue weighted by molar-refractivity contribution is 0.288. The van der Waals surface area contributed by atoms with Gasteiger partial charge < -0.3 is 5.11 Å².